The Balaban J connectivity index is 1.52. The molecule has 0 radical (unpaired) electrons. The SMILES string of the molecule is N#Cc1ccc(Nc2nc(Oc3cccc4cccnc34)nc(N3CCOCC3)n2)cc1C(F)(F)F. The van der Waals surface area contributed by atoms with Crippen LogP contribution in [0, 0.1) is 11.3 Å². The lowest BCUT2D eigenvalue weighted by atomic mass is 10.1. The van der Waals surface area contributed by atoms with Gasteiger partial charge in [-0.25, -0.2) is 0 Å². The maximum absolute atomic E-state index is 13.4. The second-order valence-electron chi connectivity index (χ2n) is 7.77. The van der Waals surface area contributed by atoms with Gasteiger partial charge in [0, 0.05) is 30.4 Å². The molecule has 0 amide bonds. The number of nitrogens with zero attached hydrogens (tertiary/aromatic N) is 6. The fourth-order valence-corrected chi connectivity index (χ4v) is 3.69. The van der Waals surface area contributed by atoms with Crippen molar-refractivity contribution in [3.63, 3.8) is 0 Å². The monoisotopic (exact) mass is 493 g/mol. The summed E-state index contributed by atoms with van der Waals surface area (Å²) in [6, 6.07) is 13.9. The normalized spacial score (nSPS) is 13.9. The van der Waals surface area contributed by atoms with E-state index < -0.39 is 17.3 Å². The molecule has 0 bridgehead atoms. The highest BCUT2D eigenvalue weighted by Crippen LogP contribution is 2.34. The van der Waals surface area contributed by atoms with E-state index >= 15 is 0 Å². The molecule has 1 N–H and O–H groups in total. The number of pyridine rings is 1. The summed E-state index contributed by atoms with van der Waals surface area (Å²) in [6.45, 7) is 1.99. The van der Waals surface area contributed by atoms with Crippen LogP contribution in [0.1, 0.15) is 11.1 Å². The molecule has 0 unspecified atom stereocenters. The second-order valence-corrected chi connectivity index (χ2v) is 7.77. The van der Waals surface area contributed by atoms with Crippen LogP contribution in [0.3, 0.4) is 0 Å². The highest BCUT2D eigenvalue weighted by Gasteiger charge is 2.34. The molecule has 1 aliphatic rings. The molecule has 3 heterocycles. The minimum atomic E-state index is -4.70. The van der Waals surface area contributed by atoms with E-state index in [1.807, 2.05) is 17.0 Å². The molecular formula is C24H18F3N7O2. The van der Waals surface area contributed by atoms with Crippen molar-refractivity contribution in [3.05, 3.63) is 65.9 Å². The zero-order chi connectivity index (χ0) is 25.1. The Morgan fingerprint density at radius 1 is 1.03 bits per heavy atom. The molecule has 9 nitrogen and oxygen atoms in total. The smallest absolute Gasteiger partial charge is 0.417 e. The van der Waals surface area contributed by atoms with Crippen molar-refractivity contribution < 1.29 is 22.6 Å². The number of hydrogen-bond acceptors (Lipinski definition) is 9. The summed E-state index contributed by atoms with van der Waals surface area (Å²) in [5, 5.41) is 12.7. The van der Waals surface area contributed by atoms with E-state index in [-0.39, 0.29) is 23.6 Å². The third-order valence-corrected chi connectivity index (χ3v) is 5.40. The molecule has 1 aliphatic heterocycles. The Labute approximate surface area is 203 Å². The summed E-state index contributed by atoms with van der Waals surface area (Å²) in [4.78, 5) is 19.3. The fourth-order valence-electron chi connectivity index (χ4n) is 3.69. The number of hydrogen-bond donors (Lipinski definition) is 1. The third-order valence-electron chi connectivity index (χ3n) is 5.40. The Kier molecular flexibility index (Phi) is 6.22. The van der Waals surface area contributed by atoms with Crippen LogP contribution in [0.5, 0.6) is 11.8 Å². The molecule has 36 heavy (non-hydrogen) atoms. The lowest BCUT2D eigenvalue weighted by Gasteiger charge is -2.27. The van der Waals surface area contributed by atoms with Crippen molar-refractivity contribution in [2.45, 2.75) is 6.18 Å². The van der Waals surface area contributed by atoms with E-state index in [0.717, 1.165) is 17.5 Å². The van der Waals surface area contributed by atoms with E-state index in [4.69, 9.17) is 14.7 Å². The summed E-state index contributed by atoms with van der Waals surface area (Å²) >= 11 is 0. The average molecular weight is 493 g/mol. The van der Waals surface area contributed by atoms with Crippen LogP contribution in [0.4, 0.5) is 30.8 Å². The summed E-state index contributed by atoms with van der Waals surface area (Å²) < 4.78 is 51.6. The van der Waals surface area contributed by atoms with Gasteiger partial charge in [0.15, 0.2) is 5.75 Å². The topological polar surface area (TPSA) is 109 Å². The van der Waals surface area contributed by atoms with Gasteiger partial charge in [-0.05, 0) is 30.3 Å². The predicted molar refractivity (Wildman–Crippen MR) is 124 cm³/mol. The van der Waals surface area contributed by atoms with Crippen molar-refractivity contribution in [2.24, 2.45) is 0 Å². The Hall–Kier alpha value is -4.50. The zero-order valence-electron chi connectivity index (χ0n) is 18.7. The van der Waals surface area contributed by atoms with Gasteiger partial charge in [0.25, 0.3) is 0 Å². The third kappa shape index (κ3) is 4.96. The summed E-state index contributed by atoms with van der Waals surface area (Å²) in [7, 11) is 0. The fraction of sp³-hybridized carbons (Fsp3) is 0.208. The van der Waals surface area contributed by atoms with E-state index in [9.17, 15) is 13.2 Å². The maximum Gasteiger partial charge on any atom is 0.417 e. The Bertz CT molecular complexity index is 1440. The van der Waals surface area contributed by atoms with Crippen molar-refractivity contribution in [1.29, 1.82) is 5.26 Å². The lowest BCUT2D eigenvalue weighted by molar-refractivity contribution is -0.137. The van der Waals surface area contributed by atoms with Crippen LogP contribution in [-0.2, 0) is 10.9 Å². The molecule has 2 aromatic carbocycles. The minimum absolute atomic E-state index is 0.0208. The van der Waals surface area contributed by atoms with Crippen LogP contribution in [0.25, 0.3) is 10.9 Å². The number of anilines is 3. The number of rotatable bonds is 5. The number of morpholine rings is 1. The summed E-state index contributed by atoms with van der Waals surface area (Å²) in [5.74, 6) is 0.673. The number of benzene rings is 2. The van der Waals surface area contributed by atoms with Crippen molar-refractivity contribution in [3.8, 4) is 17.8 Å². The van der Waals surface area contributed by atoms with Crippen molar-refractivity contribution >= 4 is 28.5 Å². The van der Waals surface area contributed by atoms with Gasteiger partial charge in [-0.1, -0.05) is 18.2 Å². The first kappa shape index (κ1) is 23.3. The first-order valence-corrected chi connectivity index (χ1v) is 10.9. The zero-order valence-corrected chi connectivity index (χ0v) is 18.7. The number of alkyl halides is 3. The van der Waals surface area contributed by atoms with E-state index in [1.54, 1.807) is 30.5 Å². The van der Waals surface area contributed by atoms with Crippen molar-refractivity contribution in [1.82, 2.24) is 19.9 Å². The highest BCUT2D eigenvalue weighted by molar-refractivity contribution is 5.84. The van der Waals surface area contributed by atoms with Crippen LogP contribution in [0.2, 0.25) is 0 Å². The molecule has 1 fully saturated rings. The molecule has 0 aliphatic carbocycles. The molecule has 4 aromatic rings. The number of ether oxygens (including phenoxy) is 2. The number of aromatic nitrogens is 4. The molecule has 0 spiro atoms. The van der Waals surface area contributed by atoms with Crippen LogP contribution in [-0.4, -0.2) is 46.2 Å². The molecule has 182 valence electrons. The molecule has 1 saturated heterocycles. The number of nitriles is 1. The van der Waals surface area contributed by atoms with Gasteiger partial charge >= 0.3 is 12.2 Å². The Morgan fingerprint density at radius 2 is 1.83 bits per heavy atom. The second kappa shape index (κ2) is 9.63. The largest absolute Gasteiger partial charge is 0.422 e. The summed E-state index contributed by atoms with van der Waals surface area (Å²) in [5.41, 5.74) is -0.885. The molecular weight excluding hydrogens is 475 g/mol. The van der Waals surface area contributed by atoms with Gasteiger partial charge in [0.1, 0.15) is 5.52 Å². The predicted octanol–water partition coefficient (Wildman–Crippen LogP) is 4.68. The van der Waals surface area contributed by atoms with Crippen molar-refractivity contribution in [2.75, 3.05) is 36.5 Å². The first-order valence-electron chi connectivity index (χ1n) is 10.9. The van der Waals surface area contributed by atoms with Gasteiger partial charge in [-0.2, -0.15) is 33.4 Å². The average Bonchev–Trinajstić information content (AvgIpc) is 2.89. The molecule has 0 atom stereocenters. The number of para-hydroxylation sites is 1. The van der Waals surface area contributed by atoms with E-state index in [2.05, 4.69) is 25.3 Å². The molecule has 12 heteroatoms. The van der Waals surface area contributed by atoms with Gasteiger partial charge in [-0.15, -0.1) is 0 Å². The van der Waals surface area contributed by atoms with Crippen LogP contribution in [0.15, 0.2) is 54.7 Å². The van der Waals surface area contributed by atoms with Crippen LogP contribution < -0.4 is 15.0 Å². The Morgan fingerprint density at radius 3 is 2.61 bits per heavy atom. The van der Waals surface area contributed by atoms with Gasteiger partial charge < -0.3 is 19.7 Å². The number of halogens is 3. The van der Waals surface area contributed by atoms with E-state index in [0.29, 0.717) is 37.6 Å². The van der Waals surface area contributed by atoms with Crippen LogP contribution >= 0.6 is 0 Å². The van der Waals surface area contributed by atoms with Gasteiger partial charge in [0.05, 0.1) is 30.4 Å². The standard InChI is InChI=1S/C24H18F3N7O2/c25-24(26,27)18-13-17(7-6-16(18)14-28)30-21-31-22(34-9-11-35-12-10-34)33-23(32-21)36-19-5-1-3-15-4-2-8-29-20(15)19/h1-8,13H,9-12H2,(H,30,31,32,33). The quantitative estimate of drug-likeness (QED) is 0.424. The summed E-state index contributed by atoms with van der Waals surface area (Å²) in [6.07, 6.45) is -3.06. The minimum Gasteiger partial charge on any atom is -0.422 e. The van der Waals surface area contributed by atoms with Gasteiger partial charge in [0.2, 0.25) is 11.9 Å². The number of fused-ring (bicyclic) bond motifs is 1. The molecule has 2 aromatic heterocycles. The highest BCUT2D eigenvalue weighted by atomic mass is 19.4. The lowest BCUT2D eigenvalue weighted by Crippen LogP contribution is -2.37. The van der Waals surface area contributed by atoms with E-state index in [1.165, 1.54) is 6.07 Å². The maximum atomic E-state index is 13.4. The molecule has 5 rings (SSSR count). The molecule has 0 saturated carbocycles. The van der Waals surface area contributed by atoms with Gasteiger partial charge in [-0.3, -0.25) is 4.98 Å². The first-order chi connectivity index (χ1) is 17.4. The number of nitrogens with one attached hydrogen (secondary N) is 1.